The number of amides is 1. The van der Waals surface area contributed by atoms with E-state index in [9.17, 15) is 4.79 Å². The summed E-state index contributed by atoms with van der Waals surface area (Å²) in [5.41, 5.74) is 6.44. The number of aliphatic hydroxyl groups excluding tert-OH is 1. The molecule has 5 nitrogen and oxygen atoms in total. The van der Waals surface area contributed by atoms with Gasteiger partial charge >= 0.3 is 0 Å². The second-order valence-electron chi connectivity index (χ2n) is 4.50. The van der Waals surface area contributed by atoms with Gasteiger partial charge < -0.3 is 10.8 Å². The van der Waals surface area contributed by atoms with Gasteiger partial charge in [-0.3, -0.25) is 9.48 Å². The molecule has 22 heavy (non-hydrogen) atoms. The summed E-state index contributed by atoms with van der Waals surface area (Å²) in [7, 11) is 0. The van der Waals surface area contributed by atoms with Crippen LogP contribution in [-0.2, 0) is 13.0 Å². The molecule has 8 heteroatoms. The second kappa shape index (κ2) is 7.37. The number of nitrogens with two attached hydrogens (primary N) is 1. The molecule has 0 aliphatic rings. The number of carbonyl (C=O) groups excluding carboxylic acids is 1. The first-order valence-electron chi connectivity index (χ1n) is 6.60. The minimum atomic E-state index is -0.609. The quantitative estimate of drug-likeness (QED) is 0.830. The van der Waals surface area contributed by atoms with E-state index < -0.39 is 5.91 Å². The summed E-state index contributed by atoms with van der Waals surface area (Å²) in [6.45, 7) is 2.19. The Morgan fingerprint density at radius 1 is 1.36 bits per heavy atom. The Hall–Kier alpha value is -1.21. The highest BCUT2D eigenvalue weighted by Crippen LogP contribution is 2.36. The number of carbonyl (C=O) groups is 1. The lowest BCUT2D eigenvalue weighted by atomic mass is 10.3. The second-order valence-corrected chi connectivity index (χ2v) is 6.45. The number of rotatable bonds is 6. The van der Waals surface area contributed by atoms with E-state index in [0.717, 1.165) is 10.6 Å². The molecule has 0 spiro atoms. The summed E-state index contributed by atoms with van der Waals surface area (Å²) < 4.78 is 1.61. The molecule has 1 heterocycles. The summed E-state index contributed by atoms with van der Waals surface area (Å²) in [6.07, 6.45) is 0.650. The molecule has 0 saturated carbocycles. The molecule has 0 fully saturated rings. The SMILES string of the molecule is CCc1c(Sc2cc(Cl)cc(Cl)c2)c(C(N)=O)nn1CCO. The van der Waals surface area contributed by atoms with Crippen molar-refractivity contribution in [1.29, 1.82) is 0 Å². The number of aromatic nitrogens is 2. The van der Waals surface area contributed by atoms with E-state index in [1.165, 1.54) is 11.8 Å². The first-order valence-corrected chi connectivity index (χ1v) is 8.17. The van der Waals surface area contributed by atoms with Gasteiger partial charge in [0.05, 0.1) is 23.7 Å². The van der Waals surface area contributed by atoms with Crippen LogP contribution in [0.2, 0.25) is 10.0 Å². The molecule has 0 aliphatic heterocycles. The summed E-state index contributed by atoms with van der Waals surface area (Å²) in [5, 5.41) is 14.3. The standard InChI is InChI=1S/C14H15Cl2N3O2S/c1-2-11-13(12(14(17)21)18-19(11)3-4-20)22-10-6-8(15)5-9(16)7-10/h5-7,20H,2-4H2,1H3,(H2,17,21). The van der Waals surface area contributed by atoms with Crippen LogP contribution in [0.25, 0.3) is 0 Å². The Bertz CT molecular complexity index is 683. The van der Waals surface area contributed by atoms with Gasteiger partial charge in [-0.1, -0.05) is 41.9 Å². The summed E-state index contributed by atoms with van der Waals surface area (Å²) in [5.74, 6) is -0.609. The predicted molar refractivity (Wildman–Crippen MR) is 87.8 cm³/mol. The molecule has 3 N–H and O–H groups in total. The molecule has 0 radical (unpaired) electrons. The highest BCUT2D eigenvalue weighted by atomic mass is 35.5. The van der Waals surface area contributed by atoms with Crippen molar-refractivity contribution in [3.63, 3.8) is 0 Å². The molecule has 0 bridgehead atoms. The van der Waals surface area contributed by atoms with Crippen LogP contribution in [0.3, 0.4) is 0 Å². The third kappa shape index (κ3) is 3.76. The molecule has 2 aromatic rings. The Morgan fingerprint density at radius 2 is 2.00 bits per heavy atom. The lowest BCUT2D eigenvalue weighted by molar-refractivity contribution is 0.0991. The first-order chi connectivity index (χ1) is 10.5. The van der Waals surface area contributed by atoms with Gasteiger partial charge in [-0.25, -0.2) is 0 Å². The van der Waals surface area contributed by atoms with Crippen molar-refractivity contribution < 1.29 is 9.90 Å². The zero-order valence-corrected chi connectivity index (χ0v) is 14.2. The molecule has 0 atom stereocenters. The smallest absolute Gasteiger partial charge is 0.270 e. The Kier molecular flexibility index (Phi) is 5.74. The van der Waals surface area contributed by atoms with Crippen LogP contribution >= 0.6 is 35.0 Å². The topological polar surface area (TPSA) is 81.1 Å². The van der Waals surface area contributed by atoms with Crippen molar-refractivity contribution in [3.05, 3.63) is 39.6 Å². The van der Waals surface area contributed by atoms with Crippen molar-refractivity contribution in [1.82, 2.24) is 9.78 Å². The maximum atomic E-state index is 11.7. The molecule has 0 saturated heterocycles. The van der Waals surface area contributed by atoms with Gasteiger partial charge in [-0.2, -0.15) is 5.10 Å². The zero-order chi connectivity index (χ0) is 16.3. The lowest BCUT2D eigenvalue weighted by Crippen LogP contribution is -2.14. The van der Waals surface area contributed by atoms with Crippen molar-refractivity contribution in [3.8, 4) is 0 Å². The Labute approximate surface area is 142 Å². The minimum Gasteiger partial charge on any atom is -0.394 e. The normalized spacial score (nSPS) is 10.9. The summed E-state index contributed by atoms with van der Waals surface area (Å²) >= 11 is 13.3. The van der Waals surface area contributed by atoms with Gasteiger partial charge in [-0.05, 0) is 24.6 Å². The Morgan fingerprint density at radius 3 is 2.50 bits per heavy atom. The molecular weight excluding hydrogens is 345 g/mol. The largest absolute Gasteiger partial charge is 0.394 e. The van der Waals surface area contributed by atoms with Crippen LogP contribution in [0.15, 0.2) is 28.0 Å². The Balaban J connectivity index is 2.49. The molecule has 0 unspecified atom stereocenters. The van der Waals surface area contributed by atoms with Crippen molar-refractivity contribution in [2.75, 3.05) is 6.61 Å². The van der Waals surface area contributed by atoms with E-state index in [2.05, 4.69) is 5.10 Å². The van der Waals surface area contributed by atoms with Crippen LogP contribution in [0, 0.1) is 0 Å². The number of nitrogens with zero attached hydrogens (tertiary/aromatic N) is 2. The maximum Gasteiger partial charge on any atom is 0.270 e. The fraction of sp³-hybridized carbons (Fsp3) is 0.286. The van der Waals surface area contributed by atoms with Crippen molar-refractivity contribution in [2.24, 2.45) is 5.73 Å². The summed E-state index contributed by atoms with van der Waals surface area (Å²) in [4.78, 5) is 13.1. The van der Waals surface area contributed by atoms with Crippen LogP contribution in [0.5, 0.6) is 0 Å². The molecule has 0 aliphatic carbocycles. The number of aliphatic hydroxyl groups is 1. The lowest BCUT2D eigenvalue weighted by Gasteiger charge is -2.07. The molecule has 1 aromatic carbocycles. The molecular formula is C14H15Cl2N3O2S. The minimum absolute atomic E-state index is 0.0695. The maximum absolute atomic E-state index is 11.7. The van der Waals surface area contributed by atoms with Crippen molar-refractivity contribution in [2.45, 2.75) is 29.7 Å². The fourth-order valence-corrected chi connectivity index (χ4v) is 3.95. The van der Waals surface area contributed by atoms with Gasteiger partial charge in [0.25, 0.3) is 5.91 Å². The molecule has 1 amide bonds. The van der Waals surface area contributed by atoms with Gasteiger partial charge in [0.15, 0.2) is 5.69 Å². The third-order valence-corrected chi connectivity index (χ3v) is 4.49. The average Bonchev–Trinajstić information content (AvgIpc) is 2.76. The number of primary amides is 1. The van der Waals surface area contributed by atoms with Crippen LogP contribution < -0.4 is 5.73 Å². The van der Waals surface area contributed by atoms with E-state index in [0.29, 0.717) is 27.9 Å². The predicted octanol–water partition coefficient (Wildman–Crippen LogP) is 2.99. The van der Waals surface area contributed by atoms with Gasteiger partial charge in [0, 0.05) is 14.9 Å². The van der Waals surface area contributed by atoms with E-state index in [4.69, 9.17) is 34.0 Å². The van der Waals surface area contributed by atoms with E-state index in [-0.39, 0.29) is 12.3 Å². The van der Waals surface area contributed by atoms with E-state index in [1.807, 2.05) is 6.92 Å². The van der Waals surface area contributed by atoms with Crippen LogP contribution in [0.4, 0.5) is 0 Å². The average molecular weight is 360 g/mol. The monoisotopic (exact) mass is 359 g/mol. The zero-order valence-electron chi connectivity index (χ0n) is 11.8. The number of benzene rings is 1. The highest BCUT2D eigenvalue weighted by Gasteiger charge is 2.21. The summed E-state index contributed by atoms with van der Waals surface area (Å²) in [6, 6.07) is 5.15. The van der Waals surface area contributed by atoms with E-state index >= 15 is 0 Å². The number of hydrogen-bond donors (Lipinski definition) is 2. The molecule has 2 rings (SSSR count). The van der Waals surface area contributed by atoms with Gasteiger partial charge in [0.2, 0.25) is 0 Å². The first kappa shape index (κ1) is 17.1. The third-order valence-electron chi connectivity index (χ3n) is 2.95. The highest BCUT2D eigenvalue weighted by molar-refractivity contribution is 7.99. The number of halogens is 2. The molecule has 1 aromatic heterocycles. The van der Waals surface area contributed by atoms with Crippen LogP contribution in [0.1, 0.15) is 23.1 Å². The van der Waals surface area contributed by atoms with Gasteiger partial charge in [0.1, 0.15) is 0 Å². The van der Waals surface area contributed by atoms with Gasteiger partial charge in [-0.15, -0.1) is 0 Å². The molecule has 118 valence electrons. The van der Waals surface area contributed by atoms with E-state index in [1.54, 1.807) is 22.9 Å². The van der Waals surface area contributed by atoms with Crippen molar-refractivity contribution >= 4 is 40.9 Å². The van der Waals surface area contributed by atoms with Crippen LogP contribution in [-0.4, -0.2) is 27.4 Å². The fourth-order valence-electron chi connectivity index (χ4n) is 2.08. The number of hydrogen-bond acceptors (Lipinski definition) is 4.